The molecule has 0 amide bonds. The summed E-state index contributed by atoms with van der Waals surface area (Å²) in [6, 6.07) is 3.80. The molecule has 0 aliphatic heterocycles. The smallest absolute Gasteiger partial charge is 0.340 e. The summed E-state index contributed by atoms with van der Waals surface area (Å²) in [5, 5.41) is 8.89. The van der Waals surface area contributed by atoms with Crippen LogP contribution in [0.2, 0.25) is 0 Å². The van der Waals surface area contributed by atoms with E-state index >= 15 is 0 Å². The zero-order valence-electron chi connectivity index (χ0n) is 11.2. The molecular formula is C13H5F5O5S. The monoisotopic (exact) mass is 368 g/mol. The van der Waals surface area contributed by atoms with E-state index < -0.39 is 61.4 Å². The number of rotatable bonds is 4. The Morgan fingerprint density at radius 3 is 1.83 bits per heavy atom. The molecule has 0 radical (unpaired) electrons. The first-order valence-electron chi connectivity index (χ1n) is 5.86. The number of halogens is 5. The molecule has 0 aromatic heterocycles. The van der Waals surface area contributed by atoms with Gasteiger partial charge in [-0.3, -0.25) is 0 Å². The quantitative estimate of drug-likeness (QED) is 0.389. The standard InChI is InChI=1S/C13H5F5O5S/c14-7-8(15)10(17)12(11(18)9(7)16)23-24(21,22)6-4-2-1-3-5(6)13(19)20/h1-4H,(H,19,20). The molecule has 0 spiro atoms. The molecule has 2 aromatic rings. The number of hydrogen-bond donors (Lipinski definition) is 1. The van der Waals surface area contributed by atoms with Crippen LogP contribution in [0.5, 0.6) is 5.75 Å². The Hall–Kier alpha value is -2.69. The molecule has 5 nitrogen and oxygen atoms in total. The van der Waals surface area contributed by atoms with Crippen molar-refractivity contribution in [3.8, 4) is 5.75 Å². The van der Waals surface area contributed by atoms with Crippen LogP contribution in [0.1, 0.15) is 10.4 Å². The van der Waals surface area contributed by atoms with Crippen molar-refractivity contribution < 1.29 is 44.5 Å². The van der Waals surface area contributed by atoms with E-state index in [9.17, 15) is 35.2 Å². The van der Waals surface area contributed by atoms with E-state index in [1.807, 2.05) is 0 Å². The van der Waals surface area contributed by atoms with Gasteiger partial charge in [-0.1, -0.05) is 12.1 Å². The fraction of sp³-hybridized carbons (Fsp3) is 0. The van der Waals surface area contributed by atoms with Crippen molar-refractivity contribution >= 4 is 16.1 Å². The van der Waals surface area contributed by atoms with Crippen molar-refractivity contribution in [1.29, 1.82) is 0 Å². The molecule has 11 heteroatoms. The van der Waals surface area contributed by atoms with E-state index in [0.717, 1.165) is 24.3 Å². The summed E-state index contributed by atoms with van der Waals surface area (Å²) < 4.78 is 93.9. The molecule has 2 rings (SSSR count). The summed E-state index contributed by atoms with van der Waals surface area (Å²) in [6.07, 6.45) is 0. The Bertz CT molecular complexity index is 913. The highest BCUT2D eigenvalue weighted by Gasteiger charge is 2.32. The molecule has 0 bridgehead atoms. The largest absolute Gasteiger partial charge is 0.478 e. The van der Waals surface area contributed by atoms with Crippen molar-refractivity contribution in [1.82, 2.24) is 0 Å². The van der Waals surface area contributed by atoms with Crippen molar-refractivity contribution in [3.63, 3.8) is 0 Å². The Morgan fingerprint density at radius 2 is 1.33 bits per heavy atom. The summed E-state index contributed by atoms with van der Waals surface area (Å²) >= 11 is 0. The van der Waals surface area contributed by atoms with Crippen LogP contribution in [0.3, 0.4) is 0 Å². The number of carbonyl (C=O) groups is 1. The van der Waals surface area contributed by atoms with E-state index in [1.165, 1.54) is 0 Å². The minimum atomic E-state index is -5.20. The van der Waals surface area contributed by atoms with Crippen molar-refractivity contribution in [2.75, 3.05) is 0 Å². The molecule has 0 fully saturated rings. The Labute approximate surface area is 131 Å². The zero-order valence-corrected chi connectivity index (χ0v) is 12.0. The maximum atomic E-state index is 13.5. The first-order valence-corrected chi connectivity index (χ1v) is 7.27. The van der Waals surface area contributed by atoms with Gasteiger partial charge in [0.25, 0.3) is 0 Å². The van der Waals surface area contributed by atoms with Crippen molar-refractivity contribution in [3.05, 3.63) is 58.9 Å². The molecule has 0 saturated carbocycles. The maximum absolute atomic E-state index is 13.5. The first-order chi connectivity index (χ1) is 11.1. The van der Waals surface area contributed by atoms with Gasteiger partial charge in [0.05, 0.1) is 5.56 Å². The summed E-state index contributed by atoms with van der Waals surface area (Å²) in [6.45, 7) is 0. The maximum Gasteiger partial charge on any atom is 0.340 e. The van der Waals surface area contributed by atoms with Gasteiger partial charge in [0.15, 0.2) is 0 Å². The topological polar surface area (TPSA) is 80.7 Å². The third-order valence-corrected chi connectivity index (χ3v) is 4.03. The van der Waals surface area contributed by atoms with Gasteiger partial charge in [-0.25, -0.2) is 18.0 Å². The van der Waals surface area contributed by atoms with Gasteiger partial charge in [-0.15, -0.1) is 0 Å². The Balaban J connectivity index is 2.63. The van der Waals surface area contributed by atoms with E-state index in [-0.39, 0.29) is 0 Å². The molecule has 2 aromatic carbocycles. The van der Waals surface area contributed by atoms with Crippen LogP contribution in [0.25, 0.3) is 0 Å². The lowest BCUT2D eigenvalue weighted by Gasteiger charge is -2.11. The molecular weight excluding hydrogens is 363 g/mol. The minimum Gasteiger partial charge on any atom is -0.478 e. The van der Waals surface area contributed by atoms with Gasteiger partial charge in [-0.05, 0) is 12.1 Å². The number of aromatic carboxylic acids is 1. The van der Waals surface area contributed by atoms with E-state index in [1.54, 1.807) is 0 Å². The SMILES string of the molecule is O=C(O)c1ccccc1S(=O)(=O)Oc1c(F)c(F)c(F)c(F)c1F. The highest BCUT2D eigenvalue weighted by Crippen LogP contribution is 2.31. The molecule has 24 heavy (non-hydrogen) atoms. The highest BCUT2D eigenvalue weighted by atomic mass is 32.2. The number of benzene rings is 2. The third-order valence-electron chi connectivity index (χ3n) is 2.75. The summed E-state index contributed by atoms with van der Waals surface area (Å²) in [5.41, 5.74) is -0.818. The average molecular weight is 368 g/mol. The van der Waals surface area contributed by atoms with Gasteiger partial charge < -0.3 is 9.29 Å². The lowest BCUT2D eigenvalue weighted by Crippen LogP contribution is -2.17. The zero-order chi connectivity index (χ0) is 18.2. The fourth-order valence-electron chi connectivity index (χ4n) is 1.67. The second kappa shape index (κ2) is 6.07. The van der Waals surface area contributed by atoms with Crippen LogP contribution in [-0.2, 0) is 10.1 Å². The van der Waals surface area contributed by atoms with Crippen LogP contribution in [-0.4, -0.2) is 19.5 Å². The van der Waals surface area contributed by atoms with Gasteiger partial charge in [0.2, 0.25) is 34.8 Å². The number of carboxylic acid groups (broad SMARTS) is 1. The average Bonchev–Trinajstić information content (AvgIpc) is 2.55. The molecule has 128 valence electrons. The predicted octanol–water partition coefficient (Wildman–Crippen LogP) is 2.85. The highest BCUT2D eigenvalue weighted by molar-refractivity contribution is 7.87. The third kappa shape index (κ3) is 2.89. The Morgan fingerprint density at radius 1 is 0.875 bits per heavy atom. The van der Waals surface area contributed by atoms with E-state index in [0.29, 0.717) is 0 Å². The van der Waals surface area contributed by atoms with Crippen molar-refractivity contribution in [2.45, 2.75) is 4.90 Å². The lowest BCUT2D eigenvalue weighted by atomic mass is 10.2. The molecule has 0 atom stereocenters. The van der Waals surface area contributed by atoms with Crippen LogP contribution < -0.4 is 4.18 Å². The summed E-state index contributed by atoms with van der Waals surface area (Å²) in [7, 11) is -5.20. The second-order valence-electron chi connectivity index (χ2n) is 4.24. The van der Waals surface area contributed by atoms with Gasteiger partial charge in [-0.2, -0.15) is 17.2 Å². The first kappa shape index (κ1) is 17.7. The van der Waals surface area contributed by atoms with Crippen LogP contribution in [0.15, 0.2) is 29.2 Å². The number of hydrogen-bond acceptors (Lipinski definition) is 4. The summed E-state index contributed by atoms with van der Waals surface area (Å²) in [4.78, 5) is 9.94. The molecule has 0 unspecified atom stereocenters. The normalized spacial score (nSPS) is 11.4. The summed E-state index contributed by atoms with van der Waals surface area (Å²) in [5.74, 6) is -16.1. The van der Waals surface area contributed by atoms with Crippen molar-refractivity contribution in [2.24, 2.45) is 0 Å². The lowest BCUT2D eigenvalue weighted by molar-refractivity contribution is 0.0692. The molecule has 0 saturated heterocycles. The van der Waals surface area contributed by atoms with E-state index in [4.69, 9.17) is 5.11 Å². The fourth-order valence-corrected chi connectivity index (χ4v) is 2.80. The minimum absolute atomic E-state index is 0.727. The van der Waals surface area contributed by atoms with Crippen LogP contribution >= 0.6 is 0 Å². The van der Waals surface area contributed by atoms with Crippen LogP contribution in [0.4, 0.5) is 22.0 Å². The predicted molar refractivity (Wildman–Crippen MR) is 67.4 cm³/mol. The second-order valence-corrected chi connectivity index (χ2v) is 5.75. The molecule has 0 aliphatic carbocycles. The van der Waals surface area contributed by atoms with E-state index in [2.05, 4.69) is 4.18 Å². The van der Waals surface area contributed by atoms with Gasteiger partial charge >= 0.3 is 16.1 Å². The Kier molecular flexibility index (Phi) is 4.47. The number of carboxylic acids is 1. The van der Waals surface area contributed by atoms with Gasteiger partial charge in [0.1, 0.15) is 4.90 Å². The molecule has 1 N–H and O–H groups in total. The molecule has 0 aliphatic rings. The van der Waals surface area contributed by atoms with Crippen LogP contribution in [0, 0.1) is 29.1 Å². The van der Waals surface area contributed by atoms with Gasteiger partial charge in [0, 0.05) is 0 Å². The molecule has 0 heterocycles.